The Hall–Kier alpha value is -3.51. The number of anilines is 1. The molecule has 0 unspecified atom stereocenters. The van der Waals surface area contributed by atoms with Gasteiger partial charge in [0.2, 0.25) is 0 Å². The highest BCUT2D eigenvalue weighted by molar-refractivity contribution is 7.13. The maximum Gasteiger partial charge on any atom is 0.262 e. The summed E-state index contributed by atoms with van der Waals surface area (Å²) in [6.45, 7) is -0.0469. The highest BCUT2D eigenvalue weighted by Crippen LogP contribution is 2.28. The Morgan fingerprint density at radius 3 is 2.64 bits per heavy atom. The summed E-state index contributed by atoms with van der Waals surface area (Å²) in [6, 6.07) is 22.6. The summed E-state index contributed by atoms with van der Waals surface area (Å²) in [4.78, 5) is 21.2. The molecule has 0 bridgehead atoms. The van der Waals surface area contributed by atoms with E-state index in [1.807, 2.05) is 78.2 Å². The number of benzene rings is 2. The number of rotatable bonds is 6. The van der Waals surface area contributed by atoms with Crippen molar-refractivity contribution in [3.8, 4) is 27.7 Å². The van der Waals surface area contributed by atoms with Crippen molar-refractivity contribution < 1.29 is 9.53 Å². The fraction of sp³-hybridized carbons (Fsp3) is 0.0455. The van der Waals surface area contributed by atoms with Crippen LogP contribution >= 0.6 is 11.3 Å². The summed E-state index contributed by atoms with van der Waals surface area (Å²) in [5, 5.41) is 5.71. The summed E-state index contributed by atoms with van der Waals surface area (Å²) >= 11 is 1.54. The largest absolute Gasteiger partial charge is 0.484 e. The van der Waals surface area contributed by atoms with Gasteiger partial charge in [0, 0.05) is 22.8 Å². The van der Waals surface area contributed by atoms with Crippen LogP contribution in [-0.4, -0.2) is 22.5 Å². The first-order valence-electron chi connectivity index (χ1n) is 8.73. The van der Waals surface area contributed by atoms with Gasteiger partial charge in [-0.05, 0) is 36.4 Å². The normalized spacial score (nSPS) is 10.4. The molecule has 2 aromatic carbocycles. The summed E-state index contributed by atoms with van der Waals surface area (Å²) in [7, 11) is 0. The van der Waals surface area contributed by atoms with Crippen LogP contribution in [-0.2, 0) is 4.79 Å². The highest BCUT2D eigenvalue weighted by atomic mass is 32.1. The lowest BCUT2D eigenvalue weighted by molar-refractivity contribution is -0.118. The lowest BCUT2D eigenvalue weighted by Crippen LogP contribution is -2.20. The van der Waals surface area contributed by atoms with Gasteiger partial charge >= 0.3 is 0 Å². The second-order valence-corrected chi connectivity index (χ2v) is 6.84. The number of pyridine rings is 1. The fourth-order valence-corrected chi connectivity index (χ4v) is 3.44. The van der Waals surface area contributed by atoms with Crippen LogP contribution in [0.1, 0.15) is 0 Å². The molecule has 4 rings (SSSR count). The minimum atomic E-state index is -0.214. The third-order valence-corrected chi connectivity index (χ3v) is 4.81. The number of carbonyl (C=O) groups excluding carboxylic acids is 1. The first-order valence-corrected chi connectivity index (χ1v) is 9.61. The number of ether oxygens (including phenoxy) is 1. The van der Waals surface area contributed by atoms with Crippen LogP contribution in [0.25, 0.3) is 22.0 Å². The number of nitrogens with zero attached hydrogens (tertiary/aromatic N) is 2. The number of carbonyl (C=O) groups is 1. The molecule has 2 heterocycles. The van der Waals surface area contributed by atoms with Gasteiger partial charge in [-0.2, -0.15) is 0 Å². The number of hydrogen-bond acceptors (Lipinski definition) is 5. The van der Waals surface area contributed by atoms with Gasteiger partial charge in [0.05, 0.1) is 11.4 Å². The molecule has 138 valence electrons. The van der Waals surface area contributed by atoms with Gasteiger partial charge in [0.25, 0.3) is 5.91 Å². The first kappa shape index (κ1) is 17.9. The van der Waals surface area contributed by atoms with Crippen molar-refractivity contribution in [3.63, 3.8) is 0 Å². The van der Waals surface area contributed by atoms with Crippen LogP contribution in [0.5, 0.6) is 5.75 Å². The van der Waals surface area contributed by atoms with Crippen LogP contribution in [0, 0.1) is 0 Å². The second kappa shape index (κ2) is 8.45. The average molecular weight is 387 g/mol. The number of hydrogen-bond donors (Lipinski definition) is 1. The van der Waals surface area contributed by atoms with E-state index in [-0.39, 0.29) is 12.5 Å². The minimum absolute atomic E-state index is 0.0469. The number of para-hydroxylation sites is 1. The molecular formula is C22H17N3O2S. The quantitative estimate of drug-likeness (QED) is 0.512. The molecule has 0 saturated carbocycles. The van der Waals surface area contributed by atoms with Gasteiger partial charge in [0.1, 0.15) is 10.8 Å². The molecule has 0 atom stereocenters. The zero-order valence-corrected chi connectivity index (χ0v) is 15.7. The Labute approximate surface area is 166 Å². The van der Waals surface area contributed by atoms with E-state index < -0.39 is 0 Å². The molecule has 1 N–H and O–H groups in total. The van der Waals surface area contributed by atoms with Crippen LogP contribution in [0.2, 0.25) is 0 Å². The lowest BCUT2D eigenvalue weighted by Gasteiger charge is -2.08. The third kappa shape index (κ3) is 4.42. The van der Waals surface area contributed by atoms with E-state index in [0.29, 0.717) is 11.4 Å². The van der Waals surface area contributed by atoms with E-state index in [4.69, 9.17) is 4.74 Å². The van der Waals surface area contributed by atoms with E-state index >= 15 is 0 Å². The average Bonchev–Trinajstić information content (AvgIpc) is 3.24. The molecule has 0 aliphatic rings. The van der Waals surface area contributed by atoms with Gasteiger partial charge in [-0.1, -0.05) is 36.4 Å². The van der Waals surface area contributed by atoms with Crippen molar-refractivity contribution in [2.75, 3.05) is 11.9 Å². The monoisotopic (exact) mass is 387 g/mol. The Balaban J connectivity index is 1.43. The van der Waals surface area contributed by atoms with Gasteiger partial charge < -0.3 is 10.1 Å². The molecule has 0 aliphatic carbocycles. The summed E-state index contributed by atoms with van der Waals surface area (Å²) in [5.74, 6) is 0.449. The molecule has 6 heteroatoms. The summed E-state index contributed by atoms with van der Waals surface area (Å²) in [6.07, 6.45) is 1.75. The van der Waals surface area contributed by atoms with Gasteiger partial charge in [-0.15, -0.1) is 11.3 Å². The summed E-state index contributed by atoms with van der Waals surface area (Å²) < 4.78 is 5.48. The van der Waals surface area contributed by atoms with Crippen LogP contribution < -0.4 is 10.1 Å². The molecule has 0 radical (unpaired) electrons. The summed E-state index contributed by atoms with van der Waals surface area (Å²) in [5.41, 5.74) is 3.33. The van der Waals surface area contributed by atoms with E-state index in [9.17, 15) is 4.79 Å². The third-order valence-electron chi connectivity index (χ3n) is 3.94. The molecule has 2 aromatic heterocycles. The Morgan fingerprint density at radius 1 is 0.964 bits per heavy atom. The molecule has 0 fully saturated rings. The van der Waals surface area contributed by atoms with Crippen LogP contribution in [0.15, 0.2) is 84.4 Å². The Kier molecular flexibility index (Phi) is 5.40. The number of thiazole rings is 1. The number of aromatic nitrogens is 2. The van der Waals surface area contributed by atoms with Crippen molar-refractivity contribution in [1.29, 1.82) is 0 Å². The van der Waals surface area contributed by atoms with E-state index in [1.165, 1.54) is 0 Å². The van der Waals surface area contributed by atoms with Gasteiger partial charge in [0.15, 0.2) is 6.61 Å². The Morgan fingerprint density at radius 2 is 1.82 bits per heavy atom. The molecule has 0 spiro atoms. The van der Waals surface area contributed by atoms with Crippen LogP contribution in [0.3, 0.4) is 0 Å². The van der Waals surface area contributed by atoms with Crippen molar-refractivity contribution >= 4 is 22.9 Å². The topological polar surface area (TPSA) is 64.1 Å². The van der Waals surface area contributed by atoms with E-state index in [1.54, 1.807) is 17.5 Å². The molecule has 5 nitrogen and oxygen atoms in total. The smallest absolute Gasteiger partial charge is 0.262 e. The Bertz CT molecular complexity index is 1070. The van der Waals surface area contributed by atoms with Gasteiger partial charge in [-0.25, -0.2) is 4.98 Å². The molecular weight excluding hydrogens is 370 g/mol. The van der Waals surface area contributed by atoms with Crippen molar-refractivity contribution in [2.24, 2.45) is 0 Å². The molecule has 1 amide bonds. The second-order valence-electron chi connectivity index (χ2n) is 5.98. The van der Waals surface area contributed by atoms with Crippen molar-refractivity contribution in [3.05, 3.63) is 84.4 Å². The maximum absolute atomic E-state index is 12.2. The molecule has 28 heavy (non-hydrogen) atoms. The zero-order chi connectivity index (χ0) is 19.2. The molecule has 0 saturated heterocycles. The van der Waals surface area contributed by atoms with Crippen molar-refractivity contribution in [1.82, 2.24) is 9.97 Å². The molecule has 0 aliphatic heterocycles. The zero-order valence-electron chi connectivity index (χ0n) is 14.9. The predicted octanol–water partition coefficient (Wildman–Crippen LogP) is 4.89. The predicted molar refractivity (Wildman–Crippen MR) is 111 cm³/mol. The van der Waals surface area contributed by atoms with Crippen molar-refractivity contribution in [2.45, 2.75) is 0 Å². The fourth-order valence-electron chi connectivity index (χ4n) is 2.63. The number of nitrogens with one attached hydrogen (secondary N) is 1. The van der Waals surface area contributed by atoms with E-state index in [0.717, 1.165) is 22.0 Å². The van der Waals surface area contributed by atoms with Crippen LogP contribution in [0.4, 0.5) is 5.69 Å². The standard InChI is InChI=1S/C22H17N3O2S/c26-21(14-27-18-9-2-1-3-10-18)24-17-8-6-7-16(13-17)20-15-28-22(25-20)19-11-4-5-12-23-19/h1-13,15H,14H2,(H,24,26). The first-order chi connectivity index (χ1) is 13.8. The van der Waals surface area contributed by atoms with Gasteiger partial charge in [-0.3, -0.25) is 9.78 Å². The maximum atomic E-state index is 12.2. The minimum Gasteiger partial charge on any atom is -0.484 e. The molecule has 4 aromatic rings. The lowest BCUT2D eigenvalue weighted by atomic mass is 10.1. The number of amides is 1. The van der Waals surface area contributed by atoms with E-state index in [2.05, 4.69) is 15.3 Å². The highest BCUT2D eigenvalue weighted by Gasteiger charge is 2.09. The SMILES string of the molecule is O=C(COc1ccccc1)Nc1cccc(-c2csc(-c3ccccn3)n2)c1.